The van der Waals surface area contributed by atoms with Crippen LogP contribution in [0.2, 0.25) is 0 Å². The summed E-state index contributed by atoms with van der Waals surface area (Å²) in [7, 11) is 0. The van der Waals surface area contributed by atoms with Gasteiger partial charge in [0.25, 0.3) is 0 Å². The van der Waals surface area contributed by atoms with Gasteiger partial charge in [-0.2, -0.15) is 0 Å². The quantitative estimate of drug-likeness (QED) is 0.702. The highest BCUT2D eigenvalue weighted by atomic mass is 35.5. The van der Waals surface area contributed by atoms with Gasteiger partial charge in [0.1, 0.15) is 5.82 Å². The Kier molecular flexibility index (Phi) is 2.87. The molecule has 1 aromatic rings. The molecule has 0 N–H and O–H groups in total. The van der Waals surface area contributed by atoms with Crippen molar-refractivity contribution in [3.8, 4) is 0 Å². The van der Waals surface area contributed by atoms with Crippen LogP contribution in [-0.2, 0) is 5.88 Å². The lowest BCUT2D eigenvalue weighted by Crippen LogP contribution is -2.20. The van der Waals surface area contributed by atoms with Gasteiger partial charge in [-0.1, -0.05) is 6.92 Å². The molecule has 0 spiro atoms. The molecule has 0 bridgehead atoms. The van der Waals surface area contributed by atoms with E-state index in [1.807, 2.05) is 6.20 Å². The Bertz CT molecular complexity index is 316. The van der Waals surface area contributed by atoms with E-state index >= 15 is 0 Å². The van der Waals surface area contributed by atoms with E-state index in [-0.39, 0.29) is 0 Å². The van der Waals surface area contributed by atoms with E-state index in [1.54, 1.807) is 6.20 Å². The number of anilines is 1. The third kappa shape index (κ3) is 1.98. The molecule has 76 valence electrons. The maximum Gasteiger partial charge on any atom is 0.147 e. The van der Waals surface area contributed by atoms with E-state index in [4.69, 9.17) is 11.6 Å². The number of aromatic nitrogens is 2. The van der Waals surface area contributed by atoms with E-state index in [0.29, 0.717) is 5.88 Å². The molecule has 2 rings (SSSR count). The van der Waals surface area contributed by atoms with Crippen LogP contribution in [0, 0.1) is 5.92 Å². The van der Waals surface area contributed by atoms with Gasteiger partial charge in [-0.25, -0.2) is 4.98 Å². The molecule has 0 saturated carbocycles. The van der Waals surface area contributed by atoms with Crippen molar-refractivity contribution in [2.75, 3.05) is 18.0 Å². The van der Waals surface area contributed by atoms with Gasteiger partial charge < -0.3 is 4.90 Å². The molecule has 1 saturated heterocycles. The van der Waals surface area contributed by atoms with Crippen LogP contribution in [0.15, 0.2) is 12.4 Å². The SMILES string of the molecule is CC1CCN(c2cncc(CCl)n2)C1. The maximum atomic E-state index is 5.71. The Morgan fingerprint density at radius 2 is 2.43 bits per heavy atom. The second kappa shape index (κ2) is 4.13. The highest BCUT2D eigenvalue weighted by Gasteiger charge is 2.19. The van der Waals surface area contributed by atoms with Gasteiger partial charge in [0.05, 0.1) is 17.8 Å². The van der Waals surface area contributed by atoms with Crippen molar-refractivity contribution in [1.29, 1.82) is 0 Å². The minimum Gasteiger partial charge on any atom is -0.355 e. The Labute approximate surface area is 89.1 Å². The molecule has 1 unspecified atom stereocenters. The largest absolute Gasteiger partial charge is 0.355 e. The van der Waals surface area contributed by atoms with E-state index in [2.05, 4.69) is 21.8 Å². The van der Waals surface area contributed by atoms with Crippen LogP contribution in [0.3, 0.4) is 0 Å². The monoisotopic (exact) mass is 211 g/mol. The lowest BCUT2D eigenvalue weighted by Gasteiger charge is -2.16. The summed E-state index contributed by atoms with van der Waals surface area (Å²) in [6.45, 7) is 4.43. The Hall–Kier alpha value is -0.830. The molecule has 3 nitrogen and oxygen atoms in total. The average molecular weight is 212 g/mol. The lowest BCUT2D eigenvalue weighted by atomic mass is 10.2. The first-order chi connectivity index (χ1) is 6.79. The normalized spacial score (nSPS) is 21.6. The van der Waals surface area contributed by atoms with Crippen LogP contribution >= 0.6 is 11.6 Å². The molecule has 0 radical (unpaired) electrons. The molecular formula is C10H14ClN3. The first-order valence-electron chi connectivity index (χ1n) is 4.91. The molecule has 1 fully saturated rings. The van der Waals surface area contributed by atoms with Crippen molar-refractivity contribution in [3.63, 3.8) is 0 Å². The van der Waals surface area contributed by atoms with Crippen molar-refractivity contribution in [3.05, 3.63) is 18.1 Å². The molecule has 4 heteroatoms. The molecule has 0 aromatic carbocycles. The smallest absolute Gasteiger partial charge is 0.147 e. The zero-order chi connectivity index (χ0) is 9.97. The van der Waals surface area contributed by atoms with Crippen molar-refractivity contribution < 1.29 is 0 Å². The standard InChI is InChI=1S/C10H14ClN3/c1-8-2-3-14(7-8)10-6-12-5-9(4-11)13-10/h5-6,8H,2-4,7H2,1H3. The predicted octanol–water partition coefficient (Wildman–Crippen LogP) is 2.06. The van der Waals surface area contributed by atoms with Crippen LogP contribution in [0.5, 0.6) is 0 Å². The van der Waals surface area contributed by atoms with Crippen LogP contribution in [-0.4, -0.2) is 23.1 Å². The summed E-state index contributed by atoms with van der Waals surface area (Å²) >= 11 is 5.71. The molecule has 1 aromatic heterocycles. The highest BCUT2D eigenvalue weighted by Crippen LogP contribution is 2.21. The lowest BCUT2D eigenvalue weighted by molar-refractivity contribution is 0.658. The third-order valence-corrected chi connectivity index (χ3v) is 2.83. The number of hydrogen-bond donors (Lipinski definition) is 0. The first-order valence-corrected chi connectivity index (χ1v) is 5.45. The zero-order valence-electron chi connectivity index (χ0n) is 8.28. The summed E-state index contributed by atoms with van der Waals surface area (Å²) < 4.78 is 0. The summed E-state index contributed by atoms with van der Waals surface area (Å²) in [4.78, 5) is 10.8. The fraction of sp³-hybridized carbons (Fsp3) is 0.600. The summed E-state index contributed by atoms with van der Waals surface area (Å²) in [6, 6.07) is 0. The summed E-state index contributed by atoms with van der Waals surface area (Å²) in [5.41, 5.74) is 0.851. The van der Waals surface area contributed by atoms with Crippen molar-refractivity contribution in [2.24, 2.45) is 5.92 Å². The molecular weight excluding hydrogens is 198 g/mol. The number of hydrogen-bond acceptors (Lipinski definition) is 3. The molecule has 14 heavy (non-hydrogen) atoms. The fourth-order valence-corrected chi connectivity index (χ4v) is 1.88. The minimum absolute atomic E-state index is 0.435. The molecule has 1 aliphatic heterocycles. The summed E-state index contributed by atoms with van der Waals surface area (Å²) in [5, 5.41) is 0. The first kappa shape index (κ1) is 9.71. The Morgan fingerprint density at radius 3 is 3.07 bits per heavy atom. The second-order valence-corrected chi connectivity index (χ2v) is 4.11. The highest BCUT2D eigenvalue weighted by molar-refractivity contribution is 6.16. The van der Waals surface area contributed by atoms with Gasteiger partial charge in [-0.05, 0) is 12.3 Å². The average Bonchev–Trinajstić information content (AvgIpc) is 2.65. The third-order valence-electron chi connectivity index (χ3n) is 2.56. The number of halogens is 1. The molecule has 2 heterocycles. The van der Waals surface area contributed by atoms with Crippen LogP contribution in [0.1, 0.15) is 19.0 Å². The molecule has 0 aliphatic carbocycles. The predicted molar refractivity (Wildman–Crippen MR) is 57.6 cm³/mol. The van der Waals surface area contributed by atoms with Gasteiger partial charge in [-0.3, -0.25) is 4.98 Å². The fourth-order valence-electron chi connectivity index (χ4n) is 1.75. The van der Waals surface area contributed by atoms with E-state index in [9.17, 15) is 0 Å². The number of alkyl halides is 1. The van der Waals surface area contributed by atoms with Gasteiger partial charge in [0.2, 0.25) is 0 Å². The van der Waals surface area contributed by atoms with Gasteiger partial charge in [0, 0.05) is 19.3 Å². The van der Waals surface area contributed by atoms with E-state index < -0.39 is 0 Å². The van der Waals surface area contributed by atoms with Gasteiger partial charge in [-0.15, -0.1) is 11.6 Å². The van der Waals surface area contributed by atoms with Gasteiger partial charge in [0.15, 0.2) is 0 Å². The van der Waals surface area contributed by atoms with Crippen LogP contribution in [0.25, 0.3) is 0 Å². The Morgan fingerprint density at radius 1 is 1.57 bits per heavy atom. The summed E-state index contributed by atoms with van der Waals surface area (Å²) in [5.74, 6) is 2.16. The van der Waals surface area contributed by atoms with Crippen molar-refractivity contribution in [2.45, 2.75) is 19.2 Å². The Balaban J connectivity index is 2.15. The summed E-state index contributed by atoms with van der Waals surface area (Å²) in [6.07, 6.45) is 4.77. The van der Waals surface area contributed by atoms with E-state index in [0.717, 1.165) is 30.5 Å². The van der Waals surface area contributed by atoms with Gasteiger partial charge >= 0.3 is 0 Å². The van der Waals surface area contributed by atoms with Crippen LogP contribution < -0.4 is 4.90 Å². The van der Waals surface area contributed by atoms with E-state index in [1.165, 1.54) is 6.42 Å². The molecule has 1 aliphatic rings. The molecule has 0 amide bonds. The zero-order valence-corrected chi connectivity index (χ0v) is 9.04. The van der Waals surface area contributed by atoms with Crippen molar-refractivity contribution in [1.82, 2.24) is 9.97 Å². The number of rotatable bonds is 2. The second-order valence-electron chi connectivity index (χ2n) is 3.84. The maximum absolute atomic E-state index is 5.71. The molecule has 1 atom stereocenters. The van der Waals surface area contributed by atoms with Crippen molar-refractivity contribution >= 4 is 17.4 Å². The number of nitrogens with zero attached hydrogens (tertiary/aromatic N) is 3. The van der Waals surface area contributed by atoms with Crippen LogP contribution in [0.4, 0.5) is 5.82 Å². The topological polar surface area (TPSA) is 29.0 Å². The minimum atomic E-state index is 0.435.